The molecule has 5 heteroatoms. The number of halogens is 1. The Morgan fingerprint density at radius 3 is 2.33 bits per heavy atom. The summed E-state index contributed by atoms with van der Waals surface area (Å²) < 4.78 is 11.6. The predicted molar refractivity (Wildman–Crippen MR) is 87.0 cm³/mol. The number of nitrogens with one attached hydrogen (secondary N) is 1. The van der Waals surface area contributed by atoms with Crippen LogP contribution in [0.3, 0.4) is 0 Å². The van der Waals surface area contributed by atoms with E-state index in [2.05, 4.69) is 21.2 Å². The van der Waals surface area contributed by atoms with Crippen molar-refractivity contribution in [2.75, 3.05) is 20.8 Å². The van der Waals surface area contributed by atoms with Crippen LogP contribution in [0.4, 0.5) is 0 Å². The molecule has 2 N–H and O–H groups in total. The normalized spacial score (nSPS) is 17.5. The van der Waals surface area contributed by atoms with Crippen LogP contribution in [-0.4, -0.2) is 31.5 Å². The van der Waals surface area contributed by atoms with Gasteiger partial charge in [-0.2, -0.15) is 0 Å². The molecule has 0 amide bonds. The van der Waals surface area contributed by atoms with E-state index in [4.69, 9.17) is 9.47 Å². The maximum atomic E-state index is 9.75. The standard InChI is InChI=1S/C16H24BrNO3/c1-20-14-8-12(13(17)9-15(14)21-2)10-18-16(11-19)6-4-3-5-7-16/h8-9,18-19H,3-7,10-11H2,1-2H3. The Kier molecular flexibility index (Phi) is 5.90. The van der Waals surface area contributed by atoms with Gasteiger partial charge in [0.25, 0.3) is 0 Å². The van der Waals surface area contributed by atoms with E-state index in [0.717, 1.165) is 28.6 Å². The fourth-order valence-electron chi connectivity index (χ4n) is 2.93. The van der Waals surface area contributed by atoms with E-state index in [9.17, 15) is 5.11 Å². The molecule has 1 saturated carbocycles. The highest BCUT2D eigenvalue weighted by Gasteiger charge is 2.30. The van der Waals surface area contributed by atoms with Crippen molar-refractivity contribution < 1.29 is 14.6 Å². The summed E-state index contributed by atoms with van der Waals surface area (Å²) in [4.78, 5) is 0. The molecule has 0 unspecified atom stereocenters. The topological polar surface area (TPSA) is 50.7 Å². The maximum absolute atomic E-state index is 9.75. The van der Waals surface area contributed by atoms with E-state index in [-0.39, 0.29) is 12.1 Å². The van der Waals surface area contributed by atoms with Crippen molar-refractivity contribution in [2.45, 2.75) is 44.2 Å². The van der Waals surface area contributed by atoms with Crippen LogP contribution in [0.5, 0.6) is 11.5 Å². The smallest absolute Gasteiger partial charge is 0.161 e. The molecule has 21 heavy (non-hydrogen) atoms. The average molecular weight is 358 g/mol. The van der Waals surface area contributed by atoms with Gasteiger partial charge in [-0.05, 0) is 30.5 Å². The van der Waals surface area contributed by atoms with Crippen LogP contribution in [0.1, 0.15) is 37.7 Å². The molecule has 0 radical (unpaired) electrons. The lowest BCUT2D eigenvalue weighted by Gasteiger charge is -2.37. The quantitative estimate of drug-likeness (QED) is 0.820. The van der Waals surface area contributed by atoms with E-state index in [1.54, 1.807) is 14.2 Å². The molecule has 1 aliphatic carbocycles. The highest BCUT2D eigenvalue weighted by atomic mass is 79.9. The summed E-state index contributed by atoms with van der Waals surface area (Å²) in [5.41, 5.74) is 0.969. The van der Waals surface area contributed by atoms with Gasteiger partial charge in [-0.25, -0.2) is 0 Å². The summed E-state index contributed by atoms with van der Waals surface area (Å²) in [6.45, 7) is 0.888. The largest absolute Gasteiger partial charge is 0.493 e. The van der Waals surface area contributed by atoms with Crippen molar-refractivity contribution in [3.8, 4) is 11.5 Å². The molecule has 0 atom stereocenters. The zero-order chi connectivity index (χ0) is 15.3. The lowest BCUT2D eigenvalue weighted by atomic mass is 9.82. The number of aliphatic hydroxyl groups excluding tert-OH is 1. The van der Waals surface area contributed by atoms with Gasteiger partial charge >= 0.3 is 0 Å². The van der Waals surface area contributed by atoms with Crippen LogP contribution in [0.25, 0.3) is 0 Å². The number of ether oxygens (including phenoxy) is 2. The molecule has 1 aliphatic rings. The molecule has 2 rings (SSSR count). The molecule has 0 aromatic heterocycles. The Balaban J connectivity index is 2.11. The van der Waals surface area contributed by atoms with Crippen molar-refractivity contribution >= 4 is 15.9 Å². The first kappa shape index (κ1) is 16.6. The Labute approximate surface area is 135 Å². The minimum atomic E-state index is -0.134. The van der Waals surface area contributed by atoms with Crippen molar-refractivity contribution in [1.82, 2.24) is 5.32 Å². The predicted octanol–water partition coefficient (Wildman–Crippen LogP) is 3.25. The zero-order valence-electron chi connectivity index (χ0n) is 12.7. The summed E-state index contributed by atoms with van der Waals surface area (Å²) >= 11 is 3.58. The van der Waals surface area contributed by atoms with Crippen LogP contribution in [0.15, 0.2) is 16.6 Å². The molecule has 0 saturated heterocycles. The van der Waals surface area contributed by atoms with E-state index in [0.29, 0.717) is 12.3 Å². The first-order valence-electron chi connectivity index (χ1n) is 7.40. The van der Waals surface area contributed by atoms with Crippen LogP contribution in [0.2, 0.25) is 0 Å². The SMILES string of the molecule is COc1cc(Br)c(CNC2(CO)CCCCC2)cc1OC. The summed E-state index contributed by atoms with van der Waals surface area (Å²) in [5.74, 6) is 1.43. The third-order valence-electron chi connectivity index (χ3n) is 4.32. The van der Waals surface area contributed by atoms with Crippen LogP contribution >= 0.6 is 15.9 Å². The molecular weight excluding hydrogens is 334 g/mol. The third kappa shape index (κ3) is 3.90. The van der Waals surface area contributed by atoms with Crippen LogP contribution in [0, 0.1) is 0 Å². The molecule has 0 spiro atoms. The number of benzene rings is 1. The molecule has 4 nitrogen and oxygen atoms in total. The number of methoxy groups -OCH3 is 2. The third-order valence-corrected chi connectivity index (χ3v) is 5.06. The molecule has 118 valence electrons. The lowest BCUT2D eigenvalue weighted by Crippen LogP contribution is -2.49. The second-order valence-corrected chi connectivity index (χ2v) is 6.51. The van der Waals surface area contributed by atoms with Gasteiger partial charge in [-0.3, -0.25) is 0 Å². The summed E-state index contributed by atoms with van der Waals surface area (Å²) in [7, 11) is 3.27. The maximum Gasteiger partial charge on any atom is 0.161 e. The fraction of sp³-hybridized carbons (Fsp3) is 0.625. The van der Waals surface area contributed by atoms with Gasteiger partial charge in [0.15, 0.2) is 11.5 Å². The second-order valence-electron chi connectivity index (χ2n) is 5.65. The van der Waals surface area contributed by atoms with Crippen molar-refractivity contribution in [1.29, 1.82) is 0 Å². The summed E-state index contributed by atoms with van der Waals surface area (Å²) in [6.07, 6.45) is 5.70. The molecular formula is C16H24BrNO3. The van der Waals surface area contributed by atoms with E-state index in [1.807, 2.05) is 12.1 Å². The monoisotopic (exact) mass is 357 g/mol. The lowest BCUT2D eigenvalue weighted by molar-refractivity contribution is 0.119. The summed E-state index contributed by atoms with van der Waals surface area (Å²) in [6, 6.07) is 3.89. The first-order chi connectivity index (χ1) is 10.1. The first-order valence-corrected chi connectivity index (χ1v) is 8.20. The van der Waals surface area contributed by atoms with Gasteiger partial charge in [-0.1, -0.05) is 35.2 Å². The molecule has 1 aromatic carbocycles. The molecule has 1 fully saturated rings. The fourth-order valence-corrected chi connectivity index (χ4v) is 3.40. The zero-order valence-corrected chi connectivity index (χ0v) is 14.3. The minimum absolute atomic E-state index is 0.134. The van der Waals surface area contributed by atoms with Crippen molar-refractivity contribution in [3.05, 3.63) is 22.2 Å². The van der Waals surface area contributed by atoms with Gasteiger partial charge in [0.2, 0.25) is 0 Å². The van der Waals surface area contributed by atoms with Gasteiger partial charge in [0.05, 0.1) is 20.8 Å². The van der Waals surface area contributed by atoms with Crippen LogP contribution in [-0.2, 0) is 6.54 Å². The Morgan fingerprint density at radius 2 is 1.76 bits per heavy atom. The number of hydrogen-bond acceptors (Lipinski definition) is 4. The Morgan fingerprint density at radius 1 is 1.14 bits per heavy atom. The second kappa shape index (κ2) is 7.47. The number of hydrogen-bond donors (Lipinski definition) is 2. The molecule has 1 aromatic rings. The van der Waals surface area contributed by atoms with Crippen LogP contribution < -0.4 is 14.8 Å². The Bertz CT molecular complexity index is 473. The molecule has 0 heterocycles. The van der Waals surface area contributed by atoms with E-state index in [1.165, 1.54) is 19.3 Å². The molecule has 0 bridgehead atoms. The highest BCUT2D eigenvalue weighted by Crippen LogP contribution is 2.34. The van der Waals surface area contributed by atoms with Gasteiger partial charge in [-0.15, -0.1) is 0 Å². The van der Waals surface area contributed by atoms with E-state index >= 15 is 0 Å². The molecule has 0 aliphatic heterocycles. The summed E-state index contributed by atoms with van der Waals surface area (Å²) in [5, 5.41) is 13.3. The Hall–Kier alpha value is -0.780. The number of rotatable bonds is 6. The van der Waals surface area contributed by atoms with Gasteiger partial charge < -0.3 is 19.9 Å². The van der Waals surface area contributed by atoms with E-state index < -0.39 is 0 Å². The van der Waals surface area contributed by atoms with Gasteiger partial charge in [0.1, 0.15) is 0 Å². The highest BCUT2D eigenvalue weighted by molar-refractivity contribution is 9.10. The van der Waals surface area contributed by atoms with Crippen molar-refractivity contribution in [3.63, 3.8) is 0 Å². The number of aliphatic hydroxyl groups is 1. The average Bonchev–Trinajstić information content (AvgIpc) is 2.54. The van der Waals surface area contributed by atoms with Gasteiger partial charge in [0, 0.05) is 16.6 Å². The minimum Gasteiger partial charge on any atom is -0.493 e. The van der Waals surface area contributed by atoms with Crippen molar-refractivity contribution in [2.24, 2.45) is 0 Å².